The summed E-state index contributed by atoms with van der Waals surface area (Å²) in [5, 5.41) is 11.3. The number of aliphatic carboxylic acids is 1. The van der Waals surface area contributed by atoms with Crippen molar-refractivity contribution in [2.75, 3.05) is 0 Å². The van der Waals surface area contributed by atoms with Gasteiger partial charge in [-0.05, 0) is 12.8 Å². The van der Waals surface area contributed by atoms with Crippen LogP contribution in [0.2, 0.25) is 0 Å². The molecule has 1 aliphatic carbocycles. The predicted octanol–water partition coefficient (Wildman–Crippen LogP) is 1.69. The Bertz CT molecular complexity index is 220. The van der Waals surface area contributed by atoms with Gasteiger partial charge in [-0.3, -0.25) is 9.59 Å². The summed E-state index contributed by atoms with van der Waals surface area (Å²) in [6.07, 6.45) is 6.96. The van der Waals surface area contributed by atoms with Gasteiger partial charge in [0.1, 0.15) is 0 Å². The lowest BCUT2D eigenvalue weighted by Gasteiger charge is -2.15. The molecule has 0 aromatic carbocycles. The number of carbonyl (C=O) groups is 2. The Morgan fingerprint density at radius 3 is 2.20 bits per heavy atom. The van der Waals surface area contributed by atoms with Crippen molar-refractivity contribution in [1.29, 1.82) is 0 Å². The fourth-order valence-electron chi connectivity index (χ4n) is 1.94. The van der Waals surface area contributed by atoms with Gasteiger partial charge in [0.05, 0.1) is 6.42 Å². The van der Waals surface area contributed by atoms with Crippen molar-refractivity contribution in [2.45, 2.75) is 57.4 Å². The Kier molecular flexibility index (Phi) is 5.15. The van der Waals surface area contributed by atoms with Crippen LogP contribution in [-0.4, -0.2) is 23.0 Å². The standard InChI is InChI=1S/C11H19NO3/c13-10(7-8-11(14)15)12-9-5-3-1-2-4-6-9/h9H,1-8H2,(H,12,13)(H,14,15). The summed E-state index contributed by atoms with van der Waals surface area (Å²) in [7, 11) is 0. The second-order valence-electron chi connectivity index (χ2n) is 4.15. The second-order valence-corrected chi connectivity index (χ2v) is 4.15. The predicted molar refractivity (Wildman–Crippen MR) is 56.5 cm³/mol. The first kappa shape index (κ1) is 12.0. The van der Waals surface area contributed by atoms with E-state index in [-0.39, 0.29) is 24.8 Å². The molecule has 0 spiro atoms. The summed E-state index contributed by atoms with van der Waals surface area (Å²) in [5.41, 5.74) is 0. The molecule has 0 radical (unpaired) electrons. The van der Waals surface area contributed by atoms with Gasteiger partial charge in [0.25, 0.3) is 0 Å². The maximum absolute atomic E-state index is 11.4. The van der Waals surface area contributed by atoms with Crippen molar-refractivity contribution >= 4 is 11.9 Å². The molecule has 0 aromatic heterocycles. The molecule has 0 unspecified atom stereocenters. The van der Waals surface area contributed by atoms with E-state index in [2.05, 4.69) is 5.32 Å². The van der Waals surface area contributed by atoms with E-state index < -0.39 is 5.97 Å². The van der Waals surface area contributed by atoms with Crippen LogP contribution < -0.4 is 5.32 Å². The first-order valence-electron chi connectivity index (χ1n) is 5.69. The SMILES string of the molecule is O=C(O)CCC(=O)NC1CCCCCC1. The molecule has 1 fully saturated rings. The molecule has 1 amide bonds. The topological polar surface area (TPSA) is 66.4 Å². The van der Waals surface area contributed by atoms with E-state index in [9.17, 15) is 9.59 Å². The molecule has 15 heavy (non-hydrogen) atoms. The number of amides is 1. The van der Waals surface area contributed by atoms with Crippen molar-refractivity contribution in [3.8, 4) is 0 Å². The highest BCUT2D eigenvalue weighted by atomic mass is 16.4. The number of carboxylic acid groups (broad SMARTS) is 1. The number of carboxylic acids is 1. The van der Waals surface area contributed by atoms with Crippen molar-refractivity contribution in [3.63, 3.8) is 0 Å². The second kappa shape index (κ2) is 6.43. The maximum Gasteiger partial charge on any atom is 0.303 e. The lowest BCUT2D eigenvalue weighted by molar-refractivity contribution is -0.138. The van der Waals surface area contributed by atoms with Crippen LogP contribution in [0, 0.1) is 0 Å². The molecule has 0 atom stereocenters. The van der Waals surface area contributed by atoms with E-state index in [1.807, 2.05) is 0 Å². The average molecular weight is 213 g/mol. The minimum atomic E-state index is -0.911. The highest BCUT2D eigenvalue weighted by Gasteiger charge is 2.14. The van der Waals surface area contributed by atoms with Gasteiger partial charge in [0.2, 0.25) is 5.91 Å². The zero-order valence-corrected chi connectivity index (χ0v) is 9.00. The van der Waals surface area contributed by atoms with Gasteiger partial charge >= 0.3 is 5.97 Å². The van der Waals surface area contributed by atoms with Gasteiger partial charge < -0.3 is 10.4 Å². The van der Waals surface area contributed by atoms with Gasteiger partial charge in [-0.25, -0.2) is 0 Å². The van der Waals surface area contributed by atoms with Crippen LogP contribution in [0.15, 0.2) is 0 Å². The highest BCUT2D eigenvalue weighted by Crippen LogP contribution is 2.17. The lowest BCUT2D eigenvalue weighted by atomic mass is 10.1. The molecule has 0 aromatic rings. The van der Waals surface area contributed by atoms with Crippen molar-refractivity contribution < 1.29 is 14.7 Å². The largest absolute Gasteiger partial charge is 0.481 e. The molecule has 0 bridgehead atoms. The van der Waals surface area contributed by atoms with E-state index in [4.69, 9.17) is 5.11 Å². The third-order valence-electron chi connectivity index (χ3n) is 2.79. The van der Waals surface area contributed by atoms with Gasteiger partial charge in [0, 0.05) is 12.5 Å². The molecule has 86 valence electrons. The smallest absolute Gasteiger partial charge is 0.303 e. The van der Waals surface area contributed by atoms with E-state index in [1.54, 1.807) is 0 Å². The van der Waals surface area contributed by atoms with Gasteiger partial charge in [-0.15, -0.1) is 0 Å². The summed E-state index contributed by atoms with van der Waals surface area (Å²) in [6.45, 7) is 0. The molecule has 4 nitrogen and oxygen atoms in total. The van der Waals surface area contributed by atoms with Gasteiger partial charge in [-0.1, -0.05) is 25.7 Å². The van der Waals surface area contributed by atoms with Crippen LogP contribution in [0.25, 0.3) is 0 Å². The first-order chi connectivity index (χ1) is 7.18. The maximum atomic E-state index is 11.4. The zero-order valence-electron chi connectivity index (χ0n) is 9.00. The third kappa shape index (κ3) is 5.40. The first-order valence-corrected chi connectivity index (χ1v) is 5.69. The Labute approximate surface area is 90.0 Å². The molecule has 0 heterocycles. The number of hydrogen-bond acceptors (Lipinski definition) is 2. The fraction of sp³-hybridized carbons (Fsp3) is 0.818. The van der Waals surface area contributed by atoms with Crippen LogP contribution >= 0.6 is 0 Å². The quantitative estimate of drug-likeness (QED) is 0.698. The molecule has 1 aliphatic rings. The average Bonchev–Trinajstić information content (AvgIpc) is 2.43. The van der Waals surface area contributed by atoms with E-state index in [0.29, 0.717) is 0 Å². The number of nitrogens with one attached hydrogen (secondary N) is 1. The number of carbonyl (C=O) groups excluding carboxylic acids is 1. The molecule has 0 saturated heterocycles. The molecule has 4 heteroatoms. The van der Waals surface area contributed by atoms with Crippen LogP contribution in [-0.2, 0) is 9.59 Å². The number of hydrogen-bond donors (Lipinski definition) is 2. The van der Waals surface area contributed by atoms with E-state index in [0.717, 1.165) is 12.8 Å². The Hall–Kier alpha value is -1.06. The zero-order chi connectivity index (χ0) is 11.1. The summed E-state index contributed by atoms with van der Waals surface area (Å²) < 4.78 is 0. The van der Waals surface area contributed by atoms with Crippen LogP contribution in [0.5, 0.6) is 0 Å². The fourth-order valence-corrected chi connectivity index (χ4v) is 1.94. The Morgan fingerprint density at radius 1 is 1.07 bits per heavy atom. The lowest BCUT2D eigenvalue weighted by Crippen LogP contribution is -2.34. The summed E-state index contributed by atoms with van der Waals surface area (Å²) in [6, 6.07) is 0.272. The molecule has 1 saturated carbocycles. The van der Waals surface area contributed by atoms with Crippen molar-refractivity contribution in [2.24, 2.45) is 0 Å². The molecular formula is C11H19NO3. The Morgan fingerprint density at radius 2 is 1.67 bits per heavy atom. The summed E-state index contributed by atoms with van der Waals surface area (Å²) in [5.74, 6) is -1.03. The number of rotatable bonds is 4. The van der Waals surface area contributed by atoms with Crippen LogP contribution in [0.3, 0.4) is 0 Å². The summed E-state index contributed by atoms with van der Waals surface area (Å²) >= 11 is 0. The van der Waals surface area contributed by atoms with Crippen molar-refractivity contribution in [1.82, 2.24) is 5.32 Å². The minimum Gasteiger partial charge on any atom is -0.481 e. The van der Waals surface area contributed by atoms with Crippen molar-refractivity contribution in [3.05, 3.63) is 0 Å². The van der Waals surface area contributed by atoms with Gasteiger partial charge in [0.15, 0.2) is 0 Å². The third-order valence-corrected chi connectivity index (χ3v) is 2.79. The molecule has 2 N–H and O–H groups in total. The van der Waals surface area contributed by atoms with Crippen LogP contribution in [0.1, 0.15) is 51.4 Å². The van der Waals surface area contributed by atoms with Crippen LogP contribution in [0.4, 0.5) is 0 Å². The monoisotopic (exact) mass is 213 g/mol. The normalized spacial score (nSPS) is 18.1. The molecular weight excluding hydrogens is 194 g/mol. The van der Waals surface area contributed by atoms with Gasteiger partial charge in [-0.2, -0.15) is 0 Å². The Balaban J connectivity index is 2.20. The highest BCUT2D eigenvalue weighted by molar-refractivity contribution is 5.80. The van der Waals surface area contributed by atoms with E-state index in [1.165, 1.54) is 25.7 Å². The van der Waals surface area contributed by atoms with E-state index >= 15 is 0 Å². The molecule has 1 rings (SSSR count). The molecule has 0 aliphatic heterocycles. The minimum absolute atomic E-state index is 0.0709. The summed E-state index contributed by atoms with van der Waals surface area (Å²) in [4.78, 5) is 21.6.